The molecule has 20 heavy (non-hydrogen) atoms. The first-order chi connectivity index (χ1) is 9.49. The first-order valence-corrected chi connectivity index (χ1v) is 6.17. The normalized spacial score (nSPS) is 10.3. The van der Waals surface area contributed by atoms with Crippen LogP contribution in [0.4, 0.5) is 10.1 Å². The number of hydrogen-bond acceptors (Lipinski definition) is 3. The van der Waals surface area contributed by atoms with Gasteiger partial charge in [0.1, 0.15) is 18.2 Å². The Morgan fingerprint density at radius 2 is 2.10 bits per heavy atom. The minimum Gasteiger partial charge on any atom is -0.488 e. The first-order valence-electron chi connectivity index (χ1n) is 5.80. The van der Waals surface area contributed by atoms with E-state index in [-0.39, 0.29) is 23.1 Å². The summed E-state index contributed by atoms with van der Waals surface area (Å²) in [5, 5.41) is 11.2. The van der Waals surface area contributed by atoms with Gasteiger partial charge in [-0.2, -0.15) is 0 Å². The molecule has 0 radical (unpaired) electrons. The van der Waals surface area contributed by atoms with E-state index < -0.39 is 4.92 Å². The Balaban J connectivity index is 2.25. The van der Waals surface area contributed by atoms with Gasteiger partial charge in [-0.15, -0.1) is 0 Å². The second-order valence-corrected chi connectivity index (χ2v) is 4.60. The molecule has 0 aliphatic rings. The van der Waals surface area contributed by atoms with Crippen molar-refractivity contribution < 1.29 is 14.1 Å². The molecule has 4 nitrogen and oxygen atoms in total. The second kappa shape index (κ2) is 5.88. The van der Waals surface area contributed by atoms with Crippen molar-refractivity contribution in [2.45, 2.75) is 13.5 Å². The van der Waals surface area contributed by atoms with Gasteiger partial charge in [-0.25, -0.2) is 4.39 Å². The minimum absolute atomic E-state index is 0.0531. The molecule has 0 heterocycles. The first kappa shape index (κ1) is 14.3. The topological polar surface area (TPSA) is 52.4 Å². The van der Waals surface area contributed by atoms with Gasteiger partial charge in [0.2, 0.25) is 0 Å². The highest BCUT2D eigenvalue weighted by Gasteiger charge is 2.17. The van der Waals surface area contributed by atoms with Gasteiger partial charge in [-0.05, 0) is 36.8 Å². The summed E-state index contributed by atoms with van der Waals surface area (Å²) in [7, 11) is 0. The Kier molecular flexibility index (Phi) is 4.20. The summed E-state index contributed by atoms with van der Waals surface area (Å²) in [5.41, 5.74) is 0.805. The molecule has 2 rings (SSSR count). The highest BCUT2D eigenvalue weighted by Crippen LogP contribution is 2.28. The Hall–Kier alpha value is -2.14. The van der Waals surface area contributed by atoms with Crippen LogP contribution in [0.15, 0.2) is 36.4 Å². The van der Waals surface area contributed by atoms with Crippen LogP contribution in [0.2, 0.25) is 5.02 Å². The average molecular weight is 296 g/mol. The lowest BCUT2D eigenvalue weighted by Crippen LogP contribution is -2.02. The van der Waals surface area contributed by atoms with E-state index >= 15 is 0 Å². The average Bonchev–Trinajstić information content (AvgIpc) is 2.38. The zero-order valence-electron chi connectivity index (χ0n) is 10.6. The molecule has 0 spiro atoms. The monoisotopic (exact) mass is 295 g/mol. The Bertz CT molecular complexity index is 661. The summed E-state index contributed by atoms with van der Waals surface area (Å²) < 4.78 is 18.5. The lowest BCUT2D eigenvalue weighted by Gasteiger charge is -2.10. The van der Waals surface area contributed by atoms with E-state index in [9.17, 15) is 14.5 Å². The van der Waals surface area contributed by atoms with Crippen molar-refractivity contribution in [2.24, 2.45) is 0 Å². The number of nitro benzene ring substituents is 1. The van der Waals surface area contributed by atoms with Crippen molar-refractivity contribution in [3.05, 3.63) is 68.5 Å². The van der Waals surface area contributed by atoms with Crippen LogP contribution >= 0.6 is 11.6 Å². The van der Waals surface area contributed by atoms with Gasteiger partial charge in [0, 0.05) is 6.07 Å². The maximum atomic E-state index is 13.0. The lowest BCUT2D eigenvalue weighted by molar-refractivity contribution is -0.385. The summed E-state index contributed by atoms with van der Waals surface area (Å²) in [6.45, 7) is 1.64. The molecule has 0 aromatic heterocycles. The van der Waals surface area contributed by atoms with Crippen LogP contribution < -0.4 is 4.74 Å². The molecule has 0 amide bonds. The van der Waals surface area contributed by atoms with E-state index in [0.717, 1.165) is 0 Å². The summed E-state index contributed by atoms with van der Waals surface area (Å²) >= 11 is 5.96. The van der Waals surface area contributed by atoms with E-state index in [2.05, 4.69) is 0 Å². The second-order valence-electron chi connectivity index (χ2n) is 4.19. The van der Waals surface area contributed by atoms with Gasteiger partial charge in [-0.3, -0.25) is 10.1 Å². The van der Waals surface area contributed by atoms with Crippen molar-refractivity contribution in [1.82, 2.24) is 0 Å². The standard InChI is InChI=1S/C14H11ClFNO3/c1-9-7-10(16)5-6-14(9)20-8-11-12(15)3-2-4-13(11)17(18)19/h2-7H,8H2,1H3. The molecule has 0 saturated carbocycles. The van der Waals surface area contributed by atoms with Crippen molar-refractivity contribution in [1.29, 1.82) is 0 Å². The lowest BCUT2D eigenvalue weighted by atomic mass is 10.2. The Labute approximate surface area is 119 Å². The van der Waals surface area contributed by atoms with Crippen LogP contribution in [0, 0.1) is 22.9 Å². The van der Waals surface area contributed by atoms with E-state index in [0.29, 0.717) is 16.9 Å². The van der Waals surface area contributed by atoms with Gasteiger partial charge < -0.3 is 4.74 Å². The van der Waals surface area contributed by atoms with Crippen LogP contribution in [0.1, 0.15) is 11.1 Å². The SMILES string of the molecule is Cc1cc(F)ccc1OCc1c(Cl)cccc1[N+](=O)[O-]. The van der Waals surface area contributed by atoms with E-state index in [1.165, 1.54) is 30.3 Å². The molecular formula is C14H11ClFNO3. The van der Waals surface area contributed by atoms with E-state index in [1.54, 1.807) is 13.0 Å². The zero-order chi connectivity index (χ0) is 14.7. The number of nitrogens with zero attached hydrogens (tertiary/aromatic N) is 1. The molecule has 104 valence electrons. The van der Waals surface area contributed by atoms with Crippen molar-refractivity contribution in [2.75, 3.05) is 0 Å². The molecule has 0 aliphatic carbocycles. The molecule has 2 aromatic carbocycles. The van der Waals surface area contributed by atoms with Gasteiger partial charge >= 0.3 is 0 Å². The maximum Gasteiger partial charge on any atom is 0.277 e. The molecule has 0 aliphatic heterocycles. The highest BCUT2D eigenvalue weighted by atomic mass is 35.5. The molecular weight excluding hydrogens is 285 g/mol. The maximum absolute atomic E-state index is 13.0. The van der Waals surface area contributed by atoms with Gasteiger partial charge in [-0.1, -0.05) is 17.7 Å². The third-order valence-electron chi connectivity index (χ3n) is 2.80. The molecule has 0 unspecified atom stereocenters. The van der Waals surface area contributed by atoms with Crippen LogP contribution in [-0.4, -0.2) is 4.92 Å². The van der Waals surface area contributed by atoms with Crippen LogP contribution in [0.25, 0.3) is 0 Å². The predicted molar refractivity (Wildman–Crippen MR) is 73.6 cm³/mol. The van der Waals surface area contributed by atoms with E-state index in [4.69, 9.17) is 16.3 Å². The number of aryl methyl sites for hydroxylation is 1. The largest absolute Gasteiger partial charge is 0.488 e. The molecule has 0 atom stereocenters. The summed E-state index contributed by atoms with van der Waals surface area (Å²) in [4.78, 5) is 10.4. The van der Waals surface area contributed by atoms with Gasteiger partial charge in [0.25, 0.3) is 5.69 Å². The summed E-state index contributed by atoms with van der Waals surface area (Å²) in [6.07, 6.45) is 0. The summed E-state index contributed by atoms with van der Waals surface area (Å²) in [6, 6.07) is 8.51. The number of nitro groups is 1. The molecule has 0 saturated heterocycles. The Morgan fingerprint density at radius 3 is 2.75 bits per heavy atom. The third kappa shape index (κ3) is 3.05. The fourth-order valence-corrected chi connectivity index (χ4v) is 2.01. The highest BCUT2D eigenvalue weighted by molar-refractivity contribution is 6.31. The molecule has 0 bridgehead atoms. The predicted octanol–water partition coefficient (Wildman–Crippen LogP) is 4.27. The number of hydrogen-bond donors (Lipinski definition) is 0. The zero-order valence-corrected chi connectivity index (χ0v) is 11.4. The summed E-state index contributed by atoms with van der Waals surface area (Å²) in [5.74, 6) is 0.0965. The number of halogens is 2. The van der Waals surface area contributed by atoms with Gasteiger partial charge in [0.05, 0.1) is 15.5 Å². The van der Waals surface area contributed by atoms with E-state index in [1.807, 2.05) is 0 Å². The van der Waals surface area contributed by atoms with Crippen LogP contribution in [-0.2, 0) is 6.61 Å². The van der Waals surface area contributed by atoms with Gasteiger partial charge in [0.15, 0.2) is 0 Å². The molecule has 0 N–H and O–H groups in total. The minimum atomic E-state index is -0.512. The fourth-order valence-electron chi connectivity index (χ4n) is 1.79. The molecule has 2 aromatic rings. The molecule has 6 heteroatoms. The van der Waals surface area contributed by atoms with Crippen LogP contribution in [0.5, 0.6) is 5.75 Å². The number of ether oxygens (including phenoxy) is 1. The van der Waals surface area contributed by atoms with Crippen LogP contribution in [0.3, 0.4) is 0 Å². The Morgan fingerprint density at radius 1 is 1.35 bits per heavy atom. The quantitative estimate of drug-likeness (QED) is 0.625. The number of benzene rings is 2. The third-order valence-corrected chi connectivity index (χ3v) is 3.15. The molecule has 0 fully saturated rings. The fraction of sp³-hybridized carbons (Fsp3) is 0.143. The van der Waals surface area contributed by atoms with Crippen molar-refractivity contribution in [3.8, 4) is 5.75 Å². The number of rotatable bonds is 4. The van der Waals surface area contributed by atoms with Crippen molar-refractivity contribution >= 4 is 17.3 Å². The smallest absolute Gasteiger partial charge is 0.277 e. The van der Waals surface area contributed by atoms with Crippen molar-refractivity contribution in [3.63, 3.8) is 0 Å².